The molecule has 1 unspecified atom stereocenters. The topological polar surface area (TPSA) is 68.0 Å². The SMILES string of the molecule is Cc1cccc(C(C)C(=O)Nc2onc(-c3ccc(F)cc3F)c2-c2ccncc2)c1. The second-order valence-electron chi connectivity index (χ2n) is 7.22. The van der Waals surface area contributed by atoms with Crippen molar-refractivity contribution in [1.29, 1.82) is 0 Å². The average molecular weight is 419 g/mol. The van der Waals surface area contributed by atoms with Gasteiger partial charge in [0.2, 0.25) is 11.8 Å². The maximum absolute atomic E-state index is 14.5. The van der Waals surface area contributed by atoms with Gasteiger partial charge < -0.3 is 4.52 Å². The van der Waals surface area contributed by atoms with Gasteiger partial charge in [0.1, 0.15) is 17.3 Å². The number of anilines is 1. The Morgan fingerprint density at radius 3 is 2.55 bits per heavy atom. The third kappa shape index (κ3) is 4.21. The molecule has 0 spiro atoms. The van der Waals surface area contributed by atoms with Crippen LogP contribution in [0.25, 0.3) is 22.4 Å². The van der Waals surface area contributed by atoms with Crippen molar-refractivity contribution >= 4 is 11.8 Å². The van der Waals surface area contributed by atoms with Crippen LogP contribution in [0.1, 0.15) is 24.0 Å². The average Bonchev–Trinajstić information content (AvgIpc) is 3.17. The minimum Gasteiger partial charge on any atom is -0.337 e. The third-order valence-corrected chi connectivity index (χ3v) is 5.02. The van der Waals surface area contributed by atoms with E-state index >= 15 is 0 Å². The number of hydrogen-bond acceptors (Lipinski definition) is 4. The second-order valence-corrected chi connectivity index (χ2v) is 7.22. The number of carbonyl (C=O) groups is 1. The third-order valence-electron chi connectivity index (χ3n) is 5.02. The zero-order chi connectivity index (χ0) is 22.0. The summed E-state index contributed by atoms with van der Waals surface area (Å²) >= 11 is 0. The lowest BCUT2D eigenvalue weighted by Crippen LogP contribution is -2.19. The first kappa shape index (κ1) is 20.4. The number of rotatable bonds is 5. The zero-order valence-electron chi connectivity index (χ0n) is 16.9. The number of amides is 1. The van der Waals surface area contributed by atoms with Crippen molar-refractivity contribution in [3.8, 4) is 22.4 Å². The molecule has 5 nitrogen and oxygen atoms in total. The van der Waals surface area contributed by atoms with Gasteiger partial charge >= 0.3 is 0 Å². The van der Waals surface area contributed by atoms with Gasteiger partial charge in [-0.2, -0.15) is 0 Å². The predicted molar refractivity (Wildman–Crippen MR) is 113 cm³/mol. The fourth-order valence-corrected chi connectivity index (χ4v) is 3.34. The van der Waals surface area contributed by atoms with Crippen molar-refractivity contribution in [2.45, 2.75) is 19.8 Å². The van der Waals surface area contributed by atoms with Crippen LogP contribution in [-0.4, -0.2) is 16.0 Å². The number of aryl methyl sites for hydroxylation is 1. The summed E-state index contributed by atoms with van der Waals surface area (Å²) in [6, 6.07) is 14.2. The summed E-state index contributed by atoms with van der Waals surface area (Å²) in [5, 5.41) is 6.74. The number of halogens is 2. The summed E-state index contributed by atoms with van der Waals surface area (Å²) in [6.07, 6.45) is 3.13. The summed E-state index contributed by atoms with van der Waals surface area (Å²) in [6.45, 7) is 3.74. The lowest BCUT2D eigenvalue weighted by atomic mass is 9.98. The van der Waals surface area contributed by atoms with E-state index in [1.165, 1.54) is 6.07 Å². The first-order chi connectivity index (χ1) is 14.9. The summed E-state index contributed by atoms with van der Waals surface area (Å²) in [5.41, 5.74) is 3.12. The molecule has 0 aliphatic rings. The van der Waals surface area contributed by atoms with E-state index < -0.39 is 17.6 Å². The number of carbonyl (C=O) groups excluding carboxylic acids is 1. The Hall–Kier alpha value is -3.87. The molecule has 0 saturated carbocycles. The summed E-state index contributed by atoms with van der Waals surface area (Å²) in [4.78, 5) is 16.9. The minimum absolute atomic E-state index is 0.0594. The first-order valence-corrected chi connectivity index (χ1v) is 9.67. The van der Waals surface area contributed by atoms with Crippen molar-refractivity contribution in [2.75, 3.05) is 5.32 Å². The van der Waals surface area contributed by atoms with Gasteiger partial charge in [-0.3, -0.25) is 15.1 Å². The molecule has 0 aliphatic heterocycles. The number of pyridine rings is 1. The van der Waals surface area contributed by atoms with Crippen LogP contribution in [0.15, 0.2) is 71.5 Å². The van der Waals surface area contributed by atoms with E-state index in [-0.39, 0.29) is 23.0 Å². The first-order valence-electron chi connectivity index (χ1n) is 9.67. The maximum atomic E-state index is 14.5. The number of aromatic nitrogens is 2. The number of benzene rings is 2. The van der Waals surface area contributed by atoms with E-state index in [9.17, 15) is 13.6 Å². The fourth-order valence-electron chi connectivity index (χ4n) is 3.34. The van der Waals surface area contributed by atoms with Gasteiger partial charge in [0, 0.05) is 24.0 Å². The molecule has 0 aliphatic carbocycles. The normalized spacial score (nSPS) is 11.9. The smallest absolute Gasteiger partial charge is 0.239 e. The number of hydrogen-bond donors (Lipinski definition) is 1. The van der Waals surface area contributed by atoms with Crippen LogP contribution in [0.4, 0.5) is 14.7 Å². The molecule has 4 aromatic rings. The maximum Gasteiger partial charge on any atom is 0.239 e. The molecule has 2 aromatic heterocycles. The van der Waals surface area contributed by atoms with Gasteiger partial charge in [-0.25, -0.2) is 8.78 Å². The van der Waals surface area contributed by atoms with Crippen LogP contribution in [0.5, 0.6) is 0 Å². The van der Waals surface area contributed by atoms with E-state index in [1.807, 2.05) is 31.2 Å². The Balaban J connectivity index is 1.74. The van der Waals surface area contributed by atoms with Crippen LogP contribution >= 0.6 is 0 Å². The van der Waals surface area contributed by atoms with Crippen molar-refractivity contribution in [2.24, 2.45) is 0 Å². The van der Waals surface area contributed by atoms with Crippen molar-refractivity contribution < 1.29 is 18.1 Å². The van der Waals surface area contributed by atoms with Crippen LogP contribution in [0.2, 0.25) is 0 Å². The highest BCUT2D eigenvalue weighted by Gasteiger charge is 2.25. The molecule has 7 heteroatoms. The molecule has 31 heavy (non-hydrogen) atoms. The summed E-state index contributed by atoms with van der Waals surface area (Å²) < 4.78 is 33.3. The second kappa shape index (κ2) is 8.47. The molecular formula is C24H19F2N3O2. The van der Waals surface area contributed by atoms with Gasteiger partial charge in [0.15, 0.2) is 0 Å². The fraction of sp³-hybridized carbons (Fsp3) is 0.125. The van der Waals surface area contributed by atoms with Crippen molar-refractivity contribution in [3.63, 3.8) is 0 Å². The summed E-state index contributed by atoms with van der Waals surface area (Å²) in [5.74, 6) is -2.16. The van der Waals surface area contributed by atoms with Gasteiger partial charge in [-0.05, 0) is 49.2 Å². The van der Waals surface area contributed by atoms with Crippen molar-refractivity contribution in [3.05, 3.63) is 89.8 Å². The molecule has 2 aromatic carbocycles. The highest BCUT2D eigenvalue weighted by Crippen LogP contribution is 2.39. The van der Waals surface area contributed by atoms with Crippen LogP contribution in [0.3, 0.4) is 0 Å². The molecule has 0 fully saturated rings. The largest absolute Gasteiger partial charge is 0.337 e. The molecule has 2 heterocycles. The highest BCUT2D eigenvalue weighted by atomic mass is 19.1. The monoisotopic (exact) mass is 419 g/mol. The number of nitrogens with zero attached hydrogens (tertiary/aromatic N) is 2. The molecular weight excluding hydrogens is 400 g/mol. The van der Waals surface area contributed by atoms with Gasteiger partial charge in [-0.1, -0.05) is 35.0 Å². The highest BCUT2D eigenvalue weighted by molar-refractivity contribution is 5.99. The Morgan fingerprint density at radius 1 is 1.06 bits per heavy atom. The standard InChI is InChI=1S/C24H19F2N3O2/c1-14-4-3-5-17(12-14)15(2)23(30)28-24-21(16-8-10-27-11-9-16)22(29-31-24)19-7-6-18(25)13-20(19)26/h3-13,15H,1-2H3,(H,28,30). The van der Waals surface area contributed by atoms with E-state index in [0.717, 1.165) is 23.3 Å². The van der Waals surface area contributed by atoms with Crippen LogP contribution in [0, 0.1) is 18.6 Å². The lowest BCUT2D eigenvalue weighted by molar-refractivity contribution is -0.117. The van der Waals surface area contributed by atoms with Gasteiger partial charge in [0.25, 0.3) is 0 Å². The van der Waals surface area contributed by atoms with Gasteiger partial charge in [0.05, 0.1) is 11.5 Å². The molecule has 1 N–H and O–H groups in total. The quantitative estimate of drug-likeness (QED) is 0.448. The van der Waals surface area contributed by atoms with E-state index in [4.69, 9.17) is 4.52 Å². The predicted octanol–water partition coefficient (Wildman–Crippen LogP) is 5.73. The number of nitrogens with one attached hydrogen (secondary N) is 1. The Morgan fingerprint density at radius 2 is 1.84 bits per heavy atom. The summed E-state index contributed by atoms with van der Waals surface area (Å²) in [7, 11) is 0. The Kier molecular flexibility index (Phi) is 5.58. The molecule has 0 radical (unpaired) electrons. The zero-order valence-corrected chi connectivity index (χ0v) is 16.9. The van der Waals surface area contributed by atoms with Crippen molar-refractivity contribution in [1.82, 2.24) is 10.1 Å². The molecule has 156 valence electrons. The Bertz CT molecular complexity index is 1240. The van der Waals surface area contributed by atoms with E-state index in [1.54, 1.807) is 31.5 Å². The molecule has 0 saturated heterocycles. The molecule has 4 rings (SSSR count). The van der Waals surface area contributed by atoms with Crippen LogP contribution < -0.4 is 5.32 Å². The van der Waals surface area contributed by atoms with Gasteiger partial charge in [-0.15, -0.1) is 0 Å². The molecule has 1 atom stereocenters. The molecule has 0 bridgehead atoms. The minimum atomic E-state index is -0.783. The van der Waals surface area contributed by atoms with Crippen LogP contribution in [-0.2, 0) is 4.79 Å². The lowest BCUT2D eigenvalue weighted by Gasteiger charge is -2.12. The Labute approximate surface area is 177 Å². The van der Waals surface area contributed by atoms with E-state index in [0.29, 0.717) is 11.1 Å². The molecule has 1 amide bonds. The van der Waals surface area contributed by atoms with E-state index in [2.05, 4.69) is 15.5 Å².